The van der Waals surface area contributed by atoms with Crippen molar-refractivity contribution in [3.63, 3.8) is 0 Å². The van der Waals surface area contributed by atoms with Crippen molar-refractivity contribution in [1.82, 2.24) is 4.98 Å². The summed E-state index contributed by atoms with van der Waals surface area (Å²) >= 11 is 0. The molecule has 0 radical (unpaired) electrons. The lowest BCUT2D eigenvalue weighted by Gasteiger charge is -2.37. The van der Waals surface area contributed by atoms with Crippen LogP contribution in [0.1, 0.15) is 63.8 Å². The number of carbonyl (C=O) groups excluding carboxylic acids is 1. The second-order valence-electron chi connectivity index (χ2n) is 7.07. The van der Waals surface area contributed by atoms with E-state index in [2.05, 4.69) is 44.0 Å². The summed E-state index contributed by atoms with van der Waals surface area (Å²) in [4.78, 5) is 16.3. The van der Waals surface area contributed by atoms with Gasteiger partial charge in [-0.15, -0.1) is 0 Å². The molecule has 3 nitrogen and oxygen atoms in total. The third-order valence-corrected chi connectivity index (χ3v) is 5.79. The van der Waals surface area contributed by atoms with E-state index >= 15 is 0 Å². The molecule has 130 valence electrons. The van der Waals surface area contributed by atoms with Gasteiger partial charge in [0.2, 0.25) is 0 Å². The van der Waals surface area contributed by atoms with Gasteiger partial charge in [0.15, 0.2) is 0 Å². The van der Waals surface area contributed by atoms with Crippen molar-refractivity contribution in [3.05, 3.63) is 35.0 Å². The van der Waals surface area contributed by atoms with Crippen LogP contribution in [0.15, 0.2) is 18.2 Å². The first-order valence-electron chi connectivity index (χ1n) is 9.35. The molecular formula is C21H29NO2. The Hall–Kier alpha value is -1.61. The summed E-state index contributed by atoms with van der Waals surface area (Å²) in [6.45, 7) is 9.11. The number of hydrogen-bond acceptors (Lipinski definition) is 2. The van der Waals surface area contributed by atoms with Crippen LogP contribution in [0.3, 0.4) is 0 Å². The van der Waals surface area contributed by atoms with Crippen LogP contribution in [-0.2, 0) is 28.0 Å². The van der Waals surface area contributed by atoms with Crippen molar-refractivity contribution >= 4 is 16.7 Å². The highest BCUT2D eigenvalue weighted by molar-refractivity contribution is 5.89. The van der Waals surface area contributed by atoms with Gasteiger partial charge in [-0.25, -0.2) is 0 Å². The molecule has 24 heavy (non-hydrogen) atoms. The van der Waals surface area contributed by atoms with Crippen molar-refractivity contribution < 1.29 is 9.53 Å². The molecule has 0 fully saturated rings. The quantitative estimate of drug-likeness (QED) is 0.819. The van der Waals surface area contributed by atoms with Crippen LogP contribution in [0, 0.1) is 5.92 Å². The predicted octanol–water partition coefficient (Wildman–Crippen LogP) is 4.91. The Bertz CT molecular complexity index is 746. The molecule has 3 heteroatoms. The first kappa shape index (κ1) is 17.2. The van der Waals surface area contributed by atoms with Gasteiger partial charge < -0.3 is 9.72 Å². The predicted molar refractivity (Wildman–Crippen MR) is 98.4 cm³/mol. The number of benzene rings is 1. The number of fused-ring (bicyclic) bond motifs is 3. The van der Waals surface area contributed by atoms with Crippen molar-refractivity contribution in [1.29, 1.82) is 0 Å². The maximum Gasteiger partial charge on any atom is 0.138 e. The van der Waals surface area contributed by atoms with E-state index in [0.717, 1.165) is 31.4 Å². The van der Waals surface area contributed by atoms with Crippen LogP contribution in [0.25, 0.3) is 10.9 Å². The standard InChI is InChI=1S/C21H29NO2/c1-5-14(4)18(23)13-21(7-3)20-17(11-12-24-21)16-10-8-9-15(6-2)19(16)22-20/h8-10,14,22H,5-7,11-13H2,1-4H3. The number of ether oxygens (including phenoxy) is 1. The Labute approximate surface area is 144 Å². The van der Waals surface area contributed by atoms with E-state index in [9.17, 15) is 4.79 Å². The summed E-state index contributed by atoms with van der Waals surface area (Å²) in [7, 11) is 0. The monoisotopic (exact) mass is 327 g/mol. The molecule has 1 N–H and O–H groups in total. The lowest BCUT2D eigenvalue weighted by Crippen LogP contribution is -2.38. The molecule has 0 aliphatic carbocycles. The zero-order valence-electron chi connectivity index (χ0n) is 15.4. The molecule has 0 saturated heterocycles. The van der Waals surface area contributed by atoms with Crippen LogP contribution in [-0.4, -0.2) is 17.4 Å². The molecule has 1 aliphatic rings. The van der Waals surface area contributed by atoms with Gasteiger partial charge in [-0.05, 0) is 36.8 Å². The summed E-state index contributed by atoms with van der Waals surface area (Å²) in [6, 6.07) is 6.53. The summed E-state index contributed by atoms with van der Waals surface area (Å²) in [5, 5.41) is 1.31. The molecule has 2 atom stereocenters. The molecule has 0 amide bonds. The minimum atomic E-state index is -0.488. The van der Waals surface area contributed by atoms with E-state index in [1.807, 2.05) is 6.92 Å². The number of rotatable bonds is 6. The first-order valence-corrected chi connectivity index (χ1v) is 9.35. The van der Waals surface area contributed by atoms with E-state index in [0.29, 0.717) is 18.8 Å². The van der Waals surface area contributed by atoms with Gasteiger partial charge in [0.1, 0.15) is 11.4 Å². The zero-order chi connectivity index (χ0) is 17.3. The van der Waals surface area contributed by atoms with Crippen LogP contribution in [0.5, 0.6) is 0 Å². The molecule has 0 bridgehead atoms. The molecule has 1 aromatic carbocycles. The molecule has 1 aromatic heterocycles. The average Bonchev–Trinajstić information content (AvgIpc) is 3.01. The molecule has 2 aromatic rings. The normalized spacial score (nSPS) is 21.7. The number of aromatic amines is 1. The van der Waals surface area contributed by atoms with Gasteiger partial charge in [-0.2, -0.15) is 0 Å². The van der Waals surface area contributed by atoms with Gasteiger partial charge in [-0.3, -0.25) is 4.79 Å². The first-order chi connectivity index (χ1) is 11.6. The molecule has 2 unspecified atom stereocenters. The molecule has 3 rings (SSSR count). The van der Waals surface area contributed by atoms with Crippen LogP contribution in [0.4, 0.5) is 0 Å². The molecule has 0 saturated carbocycles. The van der Waals surface area contributed by atoms with Gasteiger partial charge in [-0.1, -0.05) is 45.9 Å². The SMILES string of the molecule is CCc1cccc2c3c([nH]c12)C(CC)(CC(=O)C(C)CC)OCC3. The number of Topliss-reactive ketones (excluding diaryl/α,β-unsaturated/α-hetero) is 1. The number of H-pyrrole nitrogens is 1. The summed E-state index contributed by atoms with van der Waals surface area (Å²) in [5.41, 5.74) is 4.57. The Morgan fingerprint density at radius 2 is 2.12 bits per heavy atom. The fourth-order valence-electron chi connectivity index (χ4n) is 3.92. The van der Waals surface area contributed by atoms with E-state index in [1.54, 1.807) is 0 Å². The van der Waals surface area contributed by atoms with Gasteiger partial charge in [0, 0.05) is 23.2 Å². The van der Waals surface area contributed by atoms with Crippen molar-refractivity contribution in [2.45, 2.75) is 65.4 Å². The zero-order valence-corrected chi connectivity index (χ0v) is 15.4. The smallest absolute Gasteiger partial charge is 0.138 e. The summed E-state index contributed by atoms with van der Waals surface area (Å²) in [5.74, 6) is 0.402. The van der Waals surface area contributed by atoms with Crippen LogP contribution >= 0.6 is 0 Å². The Morgan fingerprint density at radius 1 is 1.33 bits per heavy atom. The molecule has 1 aliphatic heterocycles. The number of ketones is 1. The highest BCUT2D eigenvalue weighted by Gasteiger charge is 2.41. The Morgan fingerprint density at radius 3 is 2.79 bits per heavy atom. The van der Waals surface area contributed by atoms with Crippen LogP contribution in [0.2, 0.25) is 0 Å². The third kappa shape index (κ3) is 2.69. The van der Waals surface area contributed by atoms with E-state index < -0.39 is 5.60 Å². The minimum absolute atomic E-state index is 0.0954. The van der Waals surface area contributed by atoms with E-state index in [-0.39, 0.29) is 5.92 Å². The van der Waals surface area contributed by atoms with Crippen molar-refractivity contribution in [2.24, 2.45) is 5.92 Å². The van der Waals surface area contributed by atoms with Crippen molar-refractivity contribution in [3.8, 4) is 0 Å². The number of carbonyl (C=O) groups is 1. The second kappa shape index (κ2) is 6.72. The Kier molecular flexibility index (Phi) is 4.82. The number of aryl methyl sites for hydroxylation is 1. The van der Waals surface area contributed by atoms with Gasteiger partial charge >= 0.3 is 0 Å². The summed E-state index contributed by atoms with van der Waals surface area (Å²) in [6.07, 6.45) is 4.10. The number of aromatic nitrogens is 1. The number of hydrogen-bond donors (Lipinski definition) is 1. The van der Waals surface area contributed by atoms with Crippen molar-refractivity contribution in [2.75, 3.05) is 6.61 Å². The fraction of sp³-hybridized carbons (Fsp3) is 0.571. The average molecular weight is 327 g/mol. The lowest BCUT2D eigenvalue weighted by atomic mass is 9.82. The van der Waals surface area contributed by atoms with E-state index in [1.165, 1.54) is 22.0 Å². The molecule has 2 heterocycles. The highest BCUT2D eigenvalue weighted by Crippen LogP contribution is 2.42. The van der Waals surface area contributed by atoms with E-state index in [4.69, 9.17) is 4.74 Å². The number of nitrogens with one attached hydrogen (secondary N) is 1. The van der Waals surface area contributed by atoms with Gasteiger partial charge in [0.05, 0.1) is 12.3 Å². The maximum absolute atomic E-state index is 12.7. The minimum Gasteiger partial charge on any atom is -0.368 e. The summed E-state index contributed by atoms with van der Waals surface area (Å²) < 4.78 is 6.26. The maximum atomic E-state index is 12.7. The second-order valence-corrected chi connectivity index (χ2v) is 7.07. The largest absolute Gasteiger partial charge is 0.368 e. The molecular weight excluding hydrogens is 298 g/mol. The van der Waals surface area contributed by atoms with Crippen LogP contribution < -0.4 is 0 Å². The fourth-order valence-corrected chi connectivity index (χ4v) is 3.92. The third-order valence-electron chi connectivity index (χ3n) is 5.79. The Balaban J connectivity index is 2.11. The van der Waals surface area contributed by atoms with Gasteiger partial charge in [0.25, 0.3) is 0 Å². The lowest BCUT2D eigenvalue weighted by molar-refractivity contribution is -0.134. The topological polar surface area (TPSA) is 42.1 Å². The molecule has 0 spiro atoms. The highest BCUT2D eigenvalue weighted by atomic mass is 16.5. The number of para-hydroxylation sites is 1.